The normalized spacial score (nSPS) is 10.8. The summed E-state index contributed by atoms with van der Waals surface area (Å²) >= 11 is 0. The van der Waals surface area contributed by atoms with E-state index in [9.17, 15) is 14.4 Å². The molecule has 3 aromatic rings. The van der Waals surface area contributed by atoms with Crippen molar-refractivity contribution in [3.63, 3.8) is 0 Å². The van der Waals surface area contributed by atoms with Crippen molar-refractivity contribution in [2.24, 2.45) is 0 Å². The SMILES string of the molecule is CCCn1c(=O)c(NC(=O)c2cnn(-c3cccnc3)c2)c(N)n(CC)c1=O. The van der Waals surface area contributed by atoms with Gasteiger partial charge in [0.2, 0.25) is 0 Å². The minimum atomic E-state index is -0.623. The Morgan fingerprint density at radius 1 is 1.21 bits per heavy atom. The van der Waals surface area contributed by atoms with Crippen LogP contribution in [-0.2, 0) is 13.1 Å². The largest absolute Gasteiger partial charge is 0.383 e. The first-order chi connectivity index (χ1) is 13.5. The highest BCUT2D eigenvalue weighted by atomic mass is 16.2. The van der Waals surface area contributed by atoms with Gasteiger partial charge in [0.25, 0.3) is 11.5 Å². The molecule has 146 valence electrons. The maximum atomic E-state index is 12.7. The highest BCUT2D eigenvalue weighted by molar-refractivity contribution is 6.05. The Morgan fingerprint density at radius 3 is 2.64 bits per heavy atom. The van der Waals surface area contributed by atoms with Gasteiger partial charge in [0, 0.05) is 25.5 Å². The maximum Gasteiger partial charge on any atom is 0.332 e. The second-order valence-electron chi connectivity index (χ2n) is 6.08. The summed E-state index contributed by atoms with van der Waals surface area (Å²) in [5.41, 5.74) is 5.68. The van der Waals surface area contributed by atoms with Crippen molar-refractivity contribution in [1.29, 1.82) is 0 Å². The third-order valence-corrected chi connectivity index (χ3v) is 4.22. The Bertz CT molecular complexity index is 1110. The minimum Gasteiger partial charge on any atom is -0.383 e. The lowest BCUT2D eigenvalue weighted by Gasteiger charge is -2.15. The van der Waals surface area contributed by atoms with Crippen molar-refractivity contribution in [1.82, 2.24) is 23.9 Å². The van der Waals surface area contributed by atoms with Crippen LogP contribution in [-0.4, -0.2) is 29.8 Å². The molecule has 0 spiro atoms. The molecule has 3 heterocycles. The van der Waals surface area contributed by atoms with Gasteiger partial charge in [0.1, 0.15) is 11.5 Å². The van der Waals surface area contributed by atoms with Gasteiger partial charge in [-0.05, 0) is 25.5 Å². The Morgan fingerprint density at radius 2 is 2.00 bits per heavy atom. The fourth-order valence-electron chi connectivity index (χ4n) is 2.82. The zero-order valence-electron chi connectivity index (χ0n) is 15.6. The van der Waals surface area contributed by atoms with E-state index in [0.29, 0.717) is 12.1 Å². The van der Waals surface area contributed by atoms with E-state index >= 15 is 0 Å². The number of aromatic nitrogens is 5. The summed E-state index contributed by atoms with van der Waals surface area (Å²) in [6, 6.07) is 3.54. The molecule has 0 unspecified atom stereocenters. The second kappa shape index (κ2) is 7.91. The molecule has 10 nitrogen and oxygen atoms in total. The fraction of sp³-hybridized carbons (Fsp3) is 0.278. The lowest BCUT2D eigenvalue weighted by Crippen LogP contribution is -2.42. The van der Waals surface area contributed by atoms with E-state index in [2.05, 4.69) is 15.4 Å². The van der Waals surface area contributed by atoms with Crippen LogP contribution in [0.5, 0.6) is 0 Å². The number of carbonyl (C=O) groups is 1. The molecular formula is C18H21N7O3. The van der Waals surface area contributed by atoms with Crippen molar-refractivity contribution in [2.75, 3.05) is 11.1 Å². The number of nitrogen functional groups attached to an aromatic ring is 1. The van der Waals surface area contributed by atoms with Gasteiger partial charge in [-0.15, -0.1) is 0 Å². The molecule has 0 atom stereocenters. The second-order valence-corrected chi connectivity index (χ2v) is 6.08. The van der Waals surface area contributed by atoms with E-state index < -0.39 is 17.2 Å². The Labute approximate surface area is 160 Å². The molecule has 0 saturated heterocycles. The minimum absolute atomic E-state index is 0.0714. The zero-order chi connectivity index (χ0) is 20.3. The molecule has 3 rings (SSSR count). The number of nitrogens with one attached hydrogen (secondary N) is 1. The van der Waals surface area contributed by atoms with Gasteiger partial charge in [-0.3, -0.25) is 23.7 Å². The first-order valence-corrected chi connectivity index (χ1v) is 8.87. The van der Waals surface area contributed by atoms with Gasteiger partial charge >= 0.3 is 5.69 Å². The third kappa shape index (κ3) is 3.43. The Kier molecular flexibility index (Phi) is 5.39. The zero-order valence-corrected chi connectivity index (χ0v) is 15.6. The molecule has 0 aliphatic carbocycles. The van der Waals surface area contributed by atoms with Crippen molar-refractivity contribution in [3.05, 3.63) is 63.3 Å². The summed E-state index contributed by atoms with van der Waals surface area (Å²) < 4.78 is 3.83. The fourth-order valence-corrected chi connectivity index (χ4v) is 2.82. The maximum absolute atomic E-state index is 12.7. The molecule has 3 aromatic heterocycles. The summed E-state index contributed by atoms with van der Waals surface area (Å²) in [6.45, 7) is 4.10. The number of hydrogen-bond acceptors (Lipinski definition) is 6. The molecule has 0 radical (unpaired) electrons. The molecule has 10 heteroatoms. The van der Waals surface area contributed by atoms with Crippen LogP contribution in [0.2, 0.25) is 0 Å². The van der Waals surface area contributed by atoms with Crippen molar-refractivity contribution >= 4 is 17.4 Å². The predicted octanol–water partition coefficient (Wildman–Crippen LogP) is 0.855. The average Bonchev–Trinajstić information content (AvgIpc) is 3.20. The van der Waals surface area contributed by atoms with Gasteiger partial charge in [-0.2, -0.15) is 5.10 Å². The number of nitrogens with two attached hydrogens (primary N) is 1. The van der Waals surface area contributed by atoms with Crippen molar-refractivity contribution < 1.29 is 4.79 Å². The van der Waals surface area contributed by atoms with Crippen LogP contribution >= 0.6 is 0 Å². The van der Waals surface area contributed by atoms with E-state index in [4.69, 9.17) is 5.73 Å². The molecule has 0 aliphatic rings. The number of rotatable bonds is 6. The lowest BCUT2D eigenvalue weighted by molar-refractivity contribution is 0.102. The molecule has 0 bridgehead atoms. The van der Waals surface area contributed by atoms with Gasteiger partial charge in [-0.25, -0.2) is 9.48 Å². The summed E-state index contributed by atoms with van der Waals surface area (Å²) in [7, 11) is 0. The topological polar surface area (TPSA) is 130 Å². The molecule has 0 fully saturated rings. The number of hydrogen-bond donors (Lipinski definition) is 2. The number of amides is 1. The summed E-state index contributed by atoms with van der Waals surface area (Å²) in [5, 5.41) is 6.67. The predicted molar refractivity (Wildman–Crippen MR) is 105 cm³/mol. The molecule has 0 saturated carbocycles. The van der Waals surface area contributed by atoms with E-state index in [1.54, 1.807) is 31.5 Å². The summed E-state index contributed by atoms with van der Waals surface area (Å²) in [4.78, 5) is 41.8. The van der Waals surface area contributed by atoms with Crippen LogP contribution in [0, 0.1) is 0 Å². The molecule has 1 amide bonds. The summed E-state index contributed by atoms with van der Waals surface area (Å²) in [6.07, 6.45) is 6.72. The first-order valence-electron chi connectivity index (χ1n) is 8.87. The first kappa shape index (κ1) is 19.1. The number of nitrogens with zero attached hydrogens (tertiary/aromatic N) is 5. The molecule has 3 N–H and O–H groups in total. The number of carbonyl (C=O) groups excluding carboxylic acids is 1. The monoisotopic (exact) mass is 383 g/mol. The highest BCUT2D eigenvalue weighted by Gasteiger charge is 2.19. The number of pyridine rings is 1. The summed E-state index contributed by atoms with van der Waals surface area (Å²) in [5.74, 6) is -0.624. The van der Waals surface area contributed by atoms with Crippen LogP contribution in [0.3, 0.4) is 0 Å². The molecule has 28 heavy (non-hydrogen) atoms. The van der Waals surface area contributed by atoms with Crippen LogP contribution < -0.4 is 22.3 Å². The quantitative estimate of drug-likeness (QED) is 0.649. The van der Waals surface area contributed by atoms with Gasteiger partial charge in [-0.1, -0.05) is 6.92 Å². The average molecular weight is 383 g/mol. The van der Waals surface area contributed by atoms with Gasteiger partial charge in [0.05, 0.1) is 23.6 Å². The van der Waals surface area contributed by atoms with Crippen molar-refractivity contribution in [3.8, 4) is 5.69 Å². The smallest absolute Gasteiger partial charge is 0.332 e. The van der Waals surface area contributed by atoms with Crippen molar-refractivity contribution in [2.45, 2.75) is 33.4 Å². The standard InChI is InChI=1S/C18H21N7O3/c1-3-8-24-17(27)14(15(19)23(4-2)18(24)28)22-16(26)12-9-21-25(11-12)13-6-5-7-20-10-13/h5-7,9-11H,3-4,8,19H2,1-2H3,(H,22,26). The third-order valence-electron chi connectivity index (χ3n) is 4.22. The number of anilines is 2. The van der Waals surface area contributed by atoms with Crippen LogP contribution in [0.4, 0.5) is 11.5 Å². The lowest BCUT2D eigenvalue weighted by atomic mass is 10.3. The Balaban J connectivity index is 1.97. The van der Waals surface area contributed by atoms with Gasteiger partial charge < -0.3 is 11.1 Å². The van der Waals surface area contributed by atoms with Crippen LogP contribution in [0.15, 0.2) is 46.5 Å². The van der Waals surface area contributed by atoms with E-state index in [0.717, 1.165) is 4.57 Å². The van der Waals surface area contributed by atoms with E-state index in [1.165, 1.54) is 21.6 Å². The molecule has 0 aromatic carbocycles. The van der Waals surface area contributed by atoms with Gasteiger partial charge in [0.15, 0.2) is 0 Å². The Hall–Kier alpha value is -3.69. The van der Waals surface area contributed by atoms with E-state index in [-0.39, 0.29) is 30.2 Å². The highest BCUT2D eigenvalue weighted by Crippen LogP contribution is 2.14. The van der Waals surface area contributed by atoms with Crippen LogP contribution in [0.1, 0.15) is 30.6 Å². The molecular weight excluding hydrogens is 362 g/mol. The molecule has 0 aliphatic heterocycles. The van der Waals surface area contributed by atoms with Crippen LogP contribution in [0.25, 0.3) is 5.69 Å². The van der Waals surface area contributed by atoms with E-state index in [1.807, 2.05) is 6.92 Å².